The first-order chi connectivity index (χ1) is 11.4. The van der Waals surface area contributed by atoms with Gasteiger partial charge in [-0.1, -0.05) is 20.9 Å². The minimum Gasteiger partial charge on any atom is -0.469 e. The Morgan fingerprint density at radius 2 is 1.84 bits per heavy atom. The van der Waals surface area contributed by atoms with E-state index >= 15 is 0 Å². The zero-order valence-corrected chi connectivity index (χ0v) is 15.1. The molecule has 0 aromatic rings. The molecule has 2 saturated heterocycles. The Morgan fingerprint density at radius 3 is 2.20 bits per heavy atom. The molecule has 2 fully saturated rings. The van der Waals surface area contributed by atoms with Gasteiger partial charge in [-0.25, -0.2) is 0 Å². The first-order valence-electron chi connectivity index (χ1n) is 8.73. The third-order valence-electron chi connectivity index (χ3n) is 4.63. The second-order valence-corrected chi connectivity index (χ2v) is 6.28. The number of hydrogen-bond acceptors (Lipinski definition) is 4. The van der Waals surface area contributed by atoms with Gasteiger partial charge in [0.2, 0.25) is 11.8 Å². The highest BCUT2D eigenvalue weighted by molar-refractivity contribution is 5.79. The number of ether oxygens (including phenoxy) is 1. The predicted octanol–water partition coefficient (Wildman–Crippen LogP) is 2.98. The van der Waals surface area contributed by atoms with Crippen LogP contribution in [0.4, 0.5) is 0 Å². The van der Waals surface area contributed by atoms with Crippen molar-refractivity contribution in [3.63, 3.8) is 0 Å². The fourth-order valence-corrected chi connectivity index (χ4v) is 3.13. The molecule has 0 radical (unpaired) electrons. The van der Waals surface area contributed by atoms with Crippen LogP contribution in [-0.4, -0.2) is 53.8 Å². The molecule has 2 aliphatic heterocycles. The number of rotatable bonds is 6. The molecule has 0 N–H and O–H groups in total. The first kappa shape index (κ1) is 23.1. The Morgan fingerprint density at radius 1 is 1.24 bits per heavy atom. The molecule has 144 valence electrons. The van der Waals surface area contributed by atoms with Crippen LogP contribution in [0.2, 0.25) is 0 Å². The Hall–Kier alpha value is -1.85. The van der Waals surface area contributed by atoms with Crippen molar-refractivity contribution in [3.8, 4) is 0 Å². The van der Waals surface area contributed by atoms with E-state index in [0.717, 1.165) is 32.4 Å². The van der Waals surface area contributed by atoms with E-state index in [-0.39, 0.29) is 37.2 Å². The average Bonchev–Trinajstić information content (AvgIpc) is 3.20. The number of esters is 1. The maximum atomic E-state index is 11.5. The summed E-state index contributed by atoms with van der Waals surface area (Å²) in [5.41, 5.74) is 0. The lowest BCUT2D eigenvalue weighted by Gasteiger charge is -2.26. The van der Waals surface area contributed by atoms with Crippen molar-refractivity contribution >= 4 is 17.8 Å². The smallest absolute Gasteiger partial charge is 0.308 e. The van der Waals surface area contributed by atoms with Crippen LogP contribution in [0, 0.1) is 5.92 Å². The number of carbonyl (C=O) groups excluding carboxylic acids is 3. The molecular formula is C19H34N2O4. The summed E-state index contributed by atoms with van der Waals surface area (Å²) in [6.45, 7) is 9.17. The average molecular weight is 354 g/mol. The van der Waals surface area contributed by atoms with Crippen LogP contribution in [-0.2, 0) is 19.1 Å². The van der Waals surface area contributed by atoms with Crippen LogP contribution < -0.4 is 0 Å². The van der Waals surface area contributed by atoms with E-state index in [9.17, 15) is 14.4 Å². The van der Waals surface area contributed by atoms with Gasteiger partial charge in [-0.3, -0.25) is 14.4 Å². The number of amides is 2. The van der Waals surface area contributed by atoms with Gasteiger partial charge < -0.3 is 14.5 Å². The van der Waals surface area contributed by atoms with E-state index in [2.05, 4.69) is 6.58 Å². The molecule has 0 bridgehead atoms. The number of likely N-dealkylation sites (tertiary alicyclic amines) is 2. The molecule has 2 unspecified atom stereocenters. The highest BCUT2D eigenvalue weighted by Gasteiger charge is 2.28. The monoisotopic (exact) mass is 354 g/mol. The van der Waals surface area contributed by atoms with Gasteiger partial charge in [0.1, 0.15) is 0 Å². The van der Waals surface area contributed by atoms with E-state index in [1.54, 1.807) is 11.1 Å². The zero-order valence-electron chi connectivity index (χ0n) is 15.1. The summed E-state index contributed by atoms with van der Waals surface area (Å²) in [5, 5.41) is 0. The first-order valence-corrected chi connectivity index (χ1v) is 8.73. The van der Waals surface area contributed by atoms with Crippen LogP contribution >= 0.6 is 0 Å². The van der Waals surface area contributed by atoms with Crippen LogP contribution in [0.25, 0.3) is 0 Å². The van der Waals surface area contributed by atoms with Gasteiger partial charge in [0.15, 0.2) is 0 Å². The summed E-state index contributed by atoms with van der Waals surface area (Å²) < 4.78 is 4.75. The van der Waals surface area contributed by atoms with Gasteiger partial charge in [-0.05, 0) is 38.8 Å². The molecule has 2 amide bonds. The van der Waals surface area contributed by atoms with Crippen molar-refractivity contribution in [2.24, 2.45) is 5.92 Å². The molecule has 0 aromatic carbocycles. The van der Waals surface area contributed by atoms with Gasteiger partial charge in [0.05, 0.1) is 13.0 Å². The molecule has 2 atom stereocenters. The standard InChI is InChI=1S/C12H21NO3.C6H9NO.CH4/c1-4-10(12(15)16-3)8-9(2)13-7-5-6-11(13)14;1-2-7-5-3-4-6(7)8;/h9-10H,4-8H2,1-3H3;2H,1,3-5H2;1H4. The third-order valence-corrected chi connectivity index (χ3v) is 4.63. The summed E-state index contributed by atoms with van der Waals surface area (Å²) in [4.78, 5) is 37.2. The predicted molar refractivity (Wildman–Crippen MR) is 98.7 cm³/mol. The molecule has 0 aromatic heterocycles. The maximum absolute atomic E-state index is 11.5. The Bertz CT molecular complexity index is 464. The second kappa shape index (κ2) is 11.7. The molecule has 2 rings (SSSR count). The zero-order chi connectivity index (χ0) is 18.1. The number of hydrogen-bond donors (Lipinski definition) is 0. The maximum Gasteiger partial charge on any atom is 0.308 e. The van der Waals surface area contributed by atoms with Crippen LogP contribution in [0.5, 0.6) is 0 Å². The summed E-state index contributed by atoms with van der Waals surface area (Å²) >= 11 is 0. The van der Waals surface area contributed by atoms with Crippen LogP contribution in [0.1, 0.15) is 59.8 Å². The summed E-state index contributed by atoms with van der Waals surface area (Å²) in [6, 6.07) is 0.138. The number of nitrogens with zero attached hydrogens (tertiary/aromatic N) is 2. The lowest BCUT2D eigenvalue weighted by atomic mass is 9.97. The SMILES string of the molecule is C.C=CN1CCCC1=O.CCC(CC(C)N1CCCC1=O)C(=O)OC. The minimum absolute atomic E-state index is 0. The fraction of sp³-hybridized carbons (Fsp3) is 0.737. The van der Waals surface area contributed by atoms with E-state index in [1.807, 2.05) is 18.7 Å². The topological polar surface area (TPSA) is 66.9 Å². The quantitative estimate of drug-likeness (QED) is 0.688. The van der Waals surface area contributed by atoms with Crippen molar-refractivity contribution in [1.29, 1.82) is 0 Å². The molecule has 2 heterocycles. The molecule has 6 heteroatoms. The lowest BCUT2D eigenvalue weighted by Crippen LogP contribution is -2.36. The van der Waals surface area contributed by atoms with Gasteiger partial charge in [0.25, 0.3) is 0 Å². The molecule has 2 aliphatic rings. The van der Waals surface area contributed by atoms with Crippen LogP contribution in [0.3, 0.4) is 0 Å². The molecule has 0 aliphatic carbocycles. The molecule has 25 heavy (non-hydrogen) atoms. The summed E-state index contributed by atoms with van der Waals surface area (Å²) in [6.07, 6.45) is 6.34. The Kier molecular flexibility index (Phi) is 10.8. The van der Waals surface area contributed by atoms with Crippen molar-refractivity contribution in [2.45, 2.75) is 65.8 Å². The van der Waals surface area contributed by atoms with Gasteiger partial charge >= 0.3 is 5.97 Å². The van der Waals surface area contributed by atoms with Crippen molar-refractivity contribution in [3.05, 3.63) is 12.8 Å². The van der Waals surface area contributed by atoms with Crippen molar-refractivity contribution in [2.75, 3.05) is 20.2 Å². The molecule has 6 nitrogen and oxygen atoms in total. The van der Waals surface area contributed by atoms with E-state index in [4.69, 9.17) is 4.74 Å². The Balaban J connectivity index is 0.000000540. The van der Waals surface area contributed by atoms with Crippen molar-refractivity contribution in [1.82, 2.24) is 9.80 Å². The third kappa shape index (κ3) is 6.88. The highest BCUT2D eigenvalue weighted by Crippen LogP contribution is 2.21. The lowest BCUT2D eigenvalue weighted by molar-refractivity contribution is -0.147. The van der Waals surface area contributed by atoms with Gasteiger partial charge in [-0.2, -0.15) is 0 Å². The van der Waals surface area contributed by atoms with E-state index in [0.29, 0.717) is 19.3 Å². The highest BCUT2D eigenvalue weighted by atomic mass is 16.5. The van der Waals surface area contributed by atoms with Gasteiger partial charge in [0, 0.05) is 32.0 Å². The minimum atomic E-state index is -0.166. The Labute approximate surface area is 152 Å². The molecule has 0 spiro atoms. The van der Waals surface area contributed by atoms with E-state index in [1.165, 1.54) is 7.11 Å². The van der Waals surface area contributed by atoms with Crippen LogP contribution in [0.15, 0.2) is 12.8 Å². The fourth-order valence-electron chi connectivity index (χ4n) is 3.13. The summed E-state index contributed by atoms with van der Waals surface area (Å²) in [5.74, 6) is 0.168. The van der Waals surface area contributed by atoms with E-state index < -0.39 is 0 Å². The second-order valence-electron chi connectivity index (χ2n) is 6.28. The summed E-state index contributed by atoms with van der Waals surface area (Å²) in [7, 11) is 1.41. The molecule has 0 saturated carbocycles. The number of methoxy groups -OCH3 is 1. The van der Waals surface area contributed by atoms with Gasteiger partial charge in [-0.15, -0.1) is 0 Å². The largest absolute Gasteiger partial charge is 0.469 e. The normalized spacial score (nSPS) is 18.8. The molecular weight excluding hydrogens is 320 g/mol. The van der Waals surface area contributed by atoms with Crippen molar-refractivity contribution < 1.29 is 19.1 Å². The number of carbonyl (C=O) groups is 3.